The monoisotopic (exact) mass is 221 g/mol. The zero-order chi connectivity index (χ0) is 11.7. The summed E-state index contributed by atoms with van der Waals surface area (Å²) in [5.41, 5.74) is 1.39. The Morgan fingerprint density at radius 2 is 2.25 bits per heavy atom. The molecule has 1 unspecified atom stereocenters. The molecule has 86 valence electrons. The van der Waals surface area contributed by atoms with Gasteiger partial charge >= 0.3 is 0 Å². The highest BCUT2D eigenvalue weighted by atomic mass is 16.5. The van der Waals surface area contributed by atoms with Gasteiger partial charge in [0.1, 0.15) is 5.75 Å². The first kappa shape index (κ1) is 11.0. The van der Waals surface area contributed by atoms with Crippen LogP contribution in [-0.4, -0.2) is 17.1 Å². The summed E-state index contributed by atoms with van der Waals surface area (Å²) in [6.45, 7) is 3.84. The molecule has 1 aliphatic heterocycles. The third-order valence-electron chi connectivity index (χ3n) is 2.60. The van der Waals surface area contributed by atoms with E-state index in [1.165, 1.54) is 0 Å². The molecule has 1 aromatic carbocycles. The molecular formula is C12H15NO3. The molecular weight excluding hydrogens is 206 g/mol. The predicted octanol–water partition coefficient (Wildman–Crippen LogP) is 1.53. The van der Waals surface area contributed by atoms with E-state index in [0.29, 0.717) is 11.4 Å². The molecule has 0 bridgehead atoms. The molecule has 0 aromatic heterocycles. The number of rotatable bonds is 2. The molecule has 0 saturated carbocycles. The van der Waals surface area contributed by atoms with E-state index in [1.54, 1.807) is 18.2 Å². The lowest BCUT2D eigenvalue weighted by atomic mass is 10.0. The summed E-state index contributed by atoms with van der Waals surface area (Å²) in [6.07, 6.45) is -0.438. The predicted molar refractivity (Wildman–Crippen MR) is 60.2 cm³/mol. The number of ether oxygens (including phenoxy) is 1. The van der Waals surface area contributed by atoms with Crippen LogP contribution in [0.25, 0.3) is 0 Å². The van der Waals surface area contributed by atoms with Gasteiger partial charge in [0.15, 0.2) is 6.10 Å². The van der Waals surface area contributed by atoms with Crippen molar-refractivity contribution in [1.82, 2.24) is 0 Å². The Kier molecular flexibility index (Phi) is 2.83. The lowest BCUT2D eigenvalue weighted by Gasteiger charge is -2.28. The van der Waals surface area contributed by atoms with Gasteiger partial charge in [0.2, 0.25) is 0 Å². The van der Waals surface area contributed by atoms with Crippen LogP contribution in [0.2, 0.25) is 0 Å². The Labute approximate surface area is 94.2 Å². The summed E-state index contributed by atoms with van der Waals surface area (Å²) in [5.74, 6) is 0.666. The fourth-order valence-electron chi connectivity index (χ4n) is 1.71. The first-order chi connectivity index (χ1) is 7.61. The van der Waals surface area contributed by atoms with Crippen LogP contribution in [0.5, 0.6) is 5.75 Å². The van der Waals surface area contributed by atoms with E-state index in [0.717, 1.165) is 5.56 Å². The second kappa shape index (κ2) is 4.14. The van der Waals surface area contributed by atoms with Gasteiger partial charge in [0.25, 0.3) is 5.91 Å². The maximum atomic E-state index is 11.7. The smallest absolute Gasteiger partial charge is 0.265 e. The van der Waals surface area contributed by atoms with Gasteiger partial charge in [0.05, 0.1) is 12.3 Å². The molecule has 2 N–H and O–H groups in total. The van der Waals surface area contributed by atoms with Crippen molar-refractivity contribution < 1.29 is 14.6 Å². The Morgan fingerprint density at radius 3 is 2.88 bits per heavy atom. The standard InChI is InChI=1S/C12H15NO3/c1-7(2)11-12(15)13-9-5-8(6-14)3-4-10(9)16-11/h3-5,7,11,14H,6H2,1-2H3,(H,13,15). The van der Waals surface area contributed by atoms with E-state index in [1.807, 2.05) is 13.8 Å². The van der Waals surface area contributed by atoms with E-state index in [9.17, 15) is 4.79 Å². The third-order valence-corrected chi connectivity index (χ3v) is 2.60. The molecule has 4 heteroatoms. The molecule has 1 heterocycles. The molecule has 1 aromatic rings. The molecule has 0 radical (unpaired) electrons. The molecule has 0 saturated heterocycles. The van der Waals surface area contributed by atoms with Crippen molar-refractivity contribution in [2.75, 3.05) is 5.32 Å². The van der Waals surface area contributed by atoms with E-state index >= 15 is 0 Å². The van der Waals surface area contributed by atoms with Crippen LogP contribution in [0, 0.1) is 5.92 Å². The third kappa shape index (κ3) is 1.88. The lowest BCUT2D eigenvalue weighted by molar-refractivity contribution is -0.125. The molecule has 4 nitrogen and oxygen atoms in total. The number of carbonyl (C=O) groups excluding carboxylic acids is 1. The quantitative estimate of drug-likeness (QED) is 0.796. The van der Waals surface area contributed by atoms with Crippen LogP contribution >= 0.6 is 0 Å². The van der Waals surface area contributed by atoms with Gasteiger partial charge in [-0.3, -0.25) is 4.79 Å². The van der Waals surface area contributed by atoms with E-state index in [-0.39, 0.29) is 18.4 Å². The summed E-state index contributed by atoms with van der Waals surface area (Å²) in [4.78, 5) is 11.7. The fraction of sp³-hybridized carbons (Fsp3) is 0.417. The summed E-state index contributed by atoms with van der Waals surface area (Å²) in [6, 6.07) is 5.28. The maximum absolute atomic E-state index is 11.7. The van der Waals surface area contributed by atoms with Crippen LogP contribution in [0.4, 0.5) is 5.69 Å². The first-order valence-corrected chi connectivity index (χ1v) is 5.33. The highest BCUT2D eigenvalue weighted by Crippen LogP contribution is 2.32. The van der Waals surface area contributed by atoms with Crippen molar-refractivity contribution in [3.8, 4) is 5.75 Å². The van der Waals surface area contributed by atoms with E-state index < -0.39 is 6.10 Å². The number of fused-ring (bicyclic) bond motifs is 1. The summed E-state index contributed by atoms with van der Waals surface area (Å²) in [5, 5.41) is 11.8. The average molecular weight is 221 g/mol. The van der Waals surface area contributed by atoms with Crippen molar-refractivity contribution in [2.45, 2.75) is 26.6 Å². The minimum atomic E-state index is -0.438. The van der Waals surface area contributed by atoms with Gasteiger partial charge in [-0.1, -0.05) is 19.9 Å². The number of carbonyl (C=O) groups is 1. The highest BCUT2D eigenvalue weighted by molar-refractivity contribution is 5.97. The minimum Gasteiger partial charge on any atom is -0.478 e. The van der Waals surface area contributed by atoms with E-state index in [2.05, 4.69) is 5.32 Å². The van der Waals surface area contributed by atoms with Crippen LogP contribution < -0.4 is 10.1 Å². The number of amides is 1. The molecule has 16 heavy (non-hydrogen) atoms. The number of anilines is 1. The molecule has 1 aliphatic rings. The van der Waals surface area contributed by atoms with Crippen molar-refractivity contribution >= 4 is 11.6 Å². The fourth-order valence-corrected chi connectivity index (χ4v) is 1.71. The lowest BCUT2D eigenvalue weighted by Crippen LogP contribution is -2.40. The zero-order valence-corrected chi connectivity index (χ0v) is 9.36. The minimum absolute atomic E-state index is 0.0449. The topological polar surface area (TPSA) is 58.6 Å². The van der Waals surface area contributed by atoms with Crippen LogP contribution in [0.1, 0.15) is 19.4 Å². The van der Waals surface area contributed by atoms with Gasteiger partial charge in [0, 0.05) is 0 Å². The normalized spacial score (nSPS) is 19.0. The van der Waals surface area contributed by atoms with Crippen LogP contribution in [-0.2, 0) is 11.4 Å². The highest BCUT2D eigenvalue weighted by Gasteiger charge is 2.30. The number of aliphatic hydroxyl groups is 1. The Balaban J connectivity index is 2.31. The molecule has 0 spiro atoms. The second-order valence-corrected chi connectivity index (χ2v) is 4.26. The Hall–Kier alpha value is -1.55. The van der Waals surface area contributed by atoms with Gasteiger partial charge in [-0.05, 0) is 23.6 Å². The van der Waals surface area contributed by atoms with Crippen LogP contribution in [0.15, 0.2) is 18.2 Å². The summed E-state index contributed by atoms with van der Waals surface area (Å²) < 4.78 is 5.61. The first-order valence-electron chi connectivity index (χ1n) is 5.33. The SMILES string of the molecule is CC(C)C1Oc2ccc(CO)cc2NC1=O. The Bertz CT molecular complexity index is 415. The summed E-state index contributed by atoms with van der Waals surface area (Å²) >= 11 is 0. The molecule has 0 fully saturated rings. The second-order valence-electron chi connectivity index (χ2n) is 4.26. The van der Waals surface area contributed by atoms with Crippen molar-refractivity contribution in [3.05, 3.63) is 23.8 Å². The van der Waals surface area contributed by atoms with E-state index in [4.69, 9.17) is 9.84 Å². The van der Waals surface area contributed by atoms with Gasteiger partial charge in [-0.2, -0.15) is 0 Å². The van der Waals surface area contributed by atoms with Gasteiger partial charge < -0.3 is 15.2 Å². The van der Waals surface area contributed by atoms with Crippen molar-refractivity contribution in [2.24, 2.45) is 5.92 Å². The maximum Gasteiger partial charge on any atom is 0.265 e. The number of hydrogen-bond acceptors (Lipinski definition) is 3. The average Bonchev–Trinajstić information content (AvgIpc) is 2.27. The number of aliphatic hydroxyl groups excluding tert-OH is 1. The van der Waals surface area contributed by atoms with Crippen LogP contribution in [0.3, 0.4) is 0 Å². The largest absolute Gasteiger partial charge is 0.478 e. The molecule has 0 aliphatic carbocycles. The van der Waals surface area contributed by atoms with Crippen molar-refractivity contribution in [1.29, 1.82) is 0 Å². The summed E-state index contributed by atoms with van der Waals surface area (Å²) in [7, 11) is 0. The van der Waals surface area contributed by atoms with Crippen molar-refractivity contribution in [3.63, 3.8) is 0 Å². The number of hydrogen-bond donors (Lipinski definition) is 2. The number of benzene rings is 1. The molecule has 1 atom stereocenters. The number of nitrogens with one attached hydrogen (secondary N) is 1. The molecule has 2 rings (SSSR count). The Morgan fingerprint density at radius 1 is 1.50 bits per heavy atom. The molecule has 1 amide bonds. The van der Waals surface area contributed by atoms with Gasteiger partial charge in [-0.25, -0.2) is 0 Å². The van der Waals surface area contributed by atoms with Gasteiger partial charge in [-0.15, -0.1) is 0 Å². The zero-order valence-electron chi connectivity index (χ0n) is 9.36.